The van der Waals surface area contributed by atoms with E-state index in [0.29, 0.717) is 5.78 Å². The highest BCUT2D eigenvalue weighted by Crippen LogP contribution is 2.36. The van der Waals surface area contributed by atoms with E-state index in [1.54, 1.807) is 7.11 Å². The van der Waals surface area contributed by atoms with Gasteiger partial charge in [0.25, 0.3) is 0 Å². The van der Waals surface area contributed by atoms with Crippen LogP contribution in [-0.2, 0) is 4.79 Å². The zero-order chi connectivity index (χ0) is 14.8. The van der Waals surface area contributed by atoms with Gasteiger partial charge < -0.3 is 9.64 Å². The summed E-state index contributed by atoms with van der Waals surface area (Å²) in [6.07, 6.45) is 3.18. The Kier molecular flexibility index (Phi) is 4.36. The Labute approximate surface area is 121 Å². The highest BCUT2D eigenvalue weighted by atomic mass is 16.5. The smallest absolute Gasteiger partial charge is 0.143 e. The van der Waals surface area contributed by atoms with E-state index < -0.39 is 0 Å². The van der Waals surface area contributed by atoms with Gasteiger partial charge in [0, 0.05) is 36.7 Å². The Morgan fingerprint density at radius 3 is 2.85 bits per heavy atom. The van der Waals surface area contributed by atoms with Crippen LogP contribution in [0.3, 0.4) is 0 Å². The Morgan fingerprint density at radius 1 is 1.40 bits per heavy atom. The fourth-order valence-electron chi connectivity index (χ4n) is 3.06. The van der Waals surface area contributed by atoms with Crippen molar-refractivity contribution in [2.75, 3.05) is 25.6 Å². The molecule has 110 valence electrons. The second-order valence-corrected chi connectivity index (χ2v) is 6.42. The molecule has 20 heavy (non-hydrogen) atoms. The minimum absolute atomic E-state index is 0.148. The highest BCUT2D eigenvalue weighted by molar-refractivity contribution is 5.87. The molecule has 0 spiro atoms. The summed E-state index contributed by atoms with van der Waals surface area (Å²) in [6.45, 7) is 4.94. The van der Waals surface area contributed by atoms with Crippen molar-refractivity contribution in [3.63, 3.8) is 0 Å². The molecule has 0 aromatic heterocycles. The second-order valence-electron chi connectivity index (χ2n) is 6.42. The van der Waals surface area contributed by atoms with E-state index in [2.05, 4.69) is 24.8 Å². The molecule has 0 bridgehead atoms. The third-order valence-electron chi connectivity index (χ3n) is 4.38. The van der Waals surface area contributed by atoms with E-state index in [4.69, 9.17) is 4.74 Å². The number of hydrogen-bond acceptors (Lipinski definition) is 3. The molecule has 1 aliphatic rings. The van der Waals surface area contributed by atoms with Crippen LogP contribution in [0.5, 0.6) is 5.75 Å². The van der Waals surface area contributed by atoms with E-state index >= 15 is 0 Å². The maximum atomic E-state index is 12.5. The summed E-state index contributed by atoms with van der Waals surface area (Å²) in [6, 6.07) is 7.99. The van der Waals surface area contributed by atoms with Gasteiger partial charge in [0.15, 0.2) is 0 Å². The quantitative estimate of drug-likeness (QED) is 0.842. The Balaban J connectivity index is 2.07. The number of Topliss-reactive ketones (excluding diaryl/α,β-unsaturated/α-hetero) is 1. The van der Waals surface area contributed by atoms with Crippen molar-refractivity contribution >= 4 is 11.5 Å². The number of carbonyl (C=O) groups is 1. The van der Waals surface area contributed by atoms with Crippen molar-refractivity contribution < 1.29 is 9.53 Å². The van der Waals surface area contributed by atoms with E-state index in [-0.39, 0.29) is 11.3 Å². The number of benzene rings is 1. The topological polar surface area (TPSA) is 29.5 Å². The molecule has 1 aliphatic carbocycles. The first-order valence-corrected chi connectivity index (χ1v) is 7.33. The average Bonchev–Trinajstić information content (AvgIpc) is 2.44. The van der Waals surface area contributed by atoms with Crippen LogP contribution in [0.1, 0.15) is 33.1 Å². The molecule has 1 unspecified atom stereocenters. The molecule has 0 heterocycles. The molecule has 3 heteroatoms. The lowest BCUT2D eigenvalue weighted by Crippen LogP contribution is -2.40. The number of hydrogen-bond donors (Lipinski definition) is 0. The van der Waals surface area contributed by atoms with Crippen LogP contribution >= 0.6 is 0 Å². The lowest BCUT2D eigenvalue weighted by molar-refractivity contribution is -0.133. The van der Waals surface area contributed by atoms with Gasteiger partial charge in [-0.3, -0.25) is 4.79 Å². The maximum Gasteiger partial charge on any atom is 0.143 e. The van der Waals surface area contributed by atoms with Crippen LogP contribution in [0.4, 0.5) is 5.69 Å². The molecule has 1 aromatic carbocycles. The van der Waals surface area contributed by atoms with Crippen LogP contribution < -0.4 is 9.64 Å². The van der Waals surface area contributed by atoms with Gasteiger partial charge in [-0.15, -0.1) is 0 Å². The average molecular weight is 275 g/mol. The summed E-state index contributed by atoms with van der Waals surface area (Å²) < 4.78 is 5.26. The summed E-state index contributed by atoms with van der Waals surface area (Å²) >= 11 is 0. The van der Waals surface area contributed by atoms with Gasteiger partial charge in [-0.05, 0) is 25.0 Å². The first-order valence-electron chi connectivity index (χ1n) is 7.33. The molecule has 1 saturated carbocycles. The molecule has 0 aliphatic heterocycles. The molecule has 0 radical (unpaired) electrons. The number of ketones is 1. The van der Waals surface area contributed by atoms with Crippen molar-refractivity contribution in [3.8, 4) is 5.75 Å². The van der Waals surface area contributed by atoms with Gasteiger partial charge in [0.2, 0.25) is 0 Å². The number of methoxy groups -OCH3 is 1. The van der Waals surface area contributed by atoms with Crippen molar-refractivity contribution in [2.24, 2.45) is 11.3 Å². The molecule has 0 N–H and O–H groups in total. The summed E-state index contributed by atoms with van der Waals surface area (Å²) in [5, 5.41) is 0. The van der Waals surface area contributed by atoms with Crippen molar-refractivity contribution in [2.45, 2.75) is 33.1 Å². The Hall–Kier alpha value is -1.51. The first-order chi connectivity index (χ1) is 9.44. The molecule has 2 rings (SSSR count). The summed E-state index contributed by atoms with van der Waals surface area (Å²) in [5.74, 6) is 1.41. The maximum absolute atomic E-state index is 12.5. The molecule has 1 atom stereocenters. The predicted molar refractivity (Wildman–Crippen MR) is 82.4 cm³/mol. The normalized spacial score (nSPS) is 21.6. The summed E-state index contributed by atoms with van der Waals surface area (Å²) in [7, 11) is 3.72. The second kappa shape index (κ2) is 5.86. The Bertz CT molecular complexity index is 482. The van der Waals surface area contributed by atoms with Crippen molar-refractivity contribution in [1.82, 2.24) is 0 Å². The molecule has 1 aromatic rings. The number of nitrogens with zero attached hydrogens (tertiary/aromatic N) is 1. The largest absolute Gasteiger partial charge is 0.497 e. The lowest BCUT2D eigenvalue weighted by Gasteiger charge is -2.36. The van der Waals surface area contributed by atoms with Crippen molar-refractivity contribution in [1.29, 1.82) is 0 Å². The summed E-state index contributed by atoms with van der Waals surface area (Å²) in [4.78, 5) is 14.6. The van der Waals surface area contributed by atoms with E-state index in [1.165, 1.54) is 0 Å². The van der Waals surface area contributed by atoms with E-state index in [0.717, 1.165) is 37.2 Å². The van der Waals surface area contributed by atoms with Gasteiger partial charge in [0.05, 0.1) is 7.11 Å². The lowest BCUT2D eigenvalue weighted by atomic mass is 9.71. The molecular weight excluding hydrogens is 250 g/mol. The minimum atomic E-state index is -0.155. The number of rotatable bonds is 4. The Morgan fingerprint density at radius 2 is 2.15 bits per heavy atom. The van der Waals surface area contributed by atoms with Crippen LogP contribution in [-0.4, -0.2) is 26.5 Å². The van der Waals surface area contributed by atoms with E-state index in [9.17, 15) is 4.79 Å². The van der Waals surface area contributed by atoms with Crippen LogP contribution in [0.2, 0.25) is 0 Å². The standard InChI is InChI=1S/C17H25NO2/c1-17(2)10-6-7-13(16(17)19)12-18(3)14-8-5-9-15(11-14)20-4/h5,8-9,11,13H,6-7,10,12H2,1-4H3. The third kappa shape index (κ3) is 3.14. The van der Waals surface area contributed by atoms with Gasteiger partial charge >= 0.3 is 0 Å². The minimum Gasteiger partial charge on any atom is -0.497 e. The van der Waals surface area contributed by atoms with E-state index in [1.807, 2.05) is 25.2 Å². The van der Waals surface area contributed by atoms with Crippen molar-refractivity contribution in [3.05, 3.63) is 24.3 Å². The van der Waals surface area contributed by atoms with Gasteiger partial charge in [0.1, 0.15) is 11.5 Å². The molecule has 1 fully saturated rings. The number of ether oxygens (including phenoxy) is 1. The molecule has 3 nitrogen and oxygen atoms in total. The fraction of sp³-hybridized carbons (Fsp3) is 0.588. The van der Waals surface area contributed by atoms with Gasteiger partial charge in [-0.1, -0.05) is 26.3 Å². The number of carbonyl (C=O) groups excluding carboxylic acids is 1. The predicted octanol–water partition coefficient (Wildman–Crippen LogP) is 3.53. The zero-order valence-electron chi connectivity index (χ0n) is 13.0. The number of anilines is 1. The summed E-state index contributed by atoms with van der Waals surface area (Å²) in [5.41, 5.74) is 0.943. The fourth-order valence-corrected chi connectivity index (χ4v) is 3.06. The first kappa shape index (κ1) is 14.9. The monoisotopic (exact) mass is 275 g/mol. The third-order valence-corrected chi connectivity index (χ3v) is 4.38. The zero-order valence-corrected chi connectivity index (χ0v) is 13.0. The molecule has 0 amide bonds. The van der Waals surface area contributed by atoms with Gasteiger partial charge in [-0.25, -0.2) is 0 Å². The van der Waals surface area contributed by atoms with Gasteiger partial charge in [-0.2, -0.15) is 0 Å². The van der Waals surface area contributed by atoms with Crippen LogP contribution in [0.25, 0.3) is 0 Å². The molecular formula is C17H25NO2. The van der Waals surface area contributed by atoms with Crippen LogP contribution in [0.15, 0.2) is 24.3 Å². The van der Waals surface area contributed by atoms with Crippen LogP contribution in [0, 0.1) is 11.3 Å². The highest BCUT2D eigenvalue weighted by Gasteiger charge is 2.37. The molecule has 0 saturated heterocycles. The SMILES string of the molecule is COc1cccc(N(C)CC2CCCC(C)(C)C2=O)c1.